The molecule has 0 aliphatic heterocycles. The first kappa shape index (κ1) is 13.6. The number of aromatic nitrogens is 3. The van der Waals surface area contributed by atoms with Crippen LogP contribution in [-0.2, 0) is 21.1 Å². The van der Waals surface area contributed by atoms with Gasteiger partial charge in [-0.05, 0) is 36.4 Å². The molecule has 96 valence electrons. The van der Waals surface area contributed by atoms with E-state index in [2.05, 4.69) is 15.0 Å². The normalized spacial score (nSPS) is 9.68. The first-order chi connectivity index (χ1) is 8.95. The topological polar surface area (TPSA) is 38.7 Å². The van der Waals surface area contributed by atoms with Crippen LogP contribution in [-0.4, -0.2) is 15.0 Å². The number of nitrogens with zero attached hydrogens (tertiary/aromatic N) is 3. The predicted molar refractivity (Wildman–Crippen MR) is 70.7 cm³/mol. The average Bonchev–Trinajstić information content (AvgIpc) is 2.49. The van der Waals surface area contributed by atoms with E-state index in [0.717, 1.165) is 22.6 Å². The van der Waals surface area contributed by atoms with E-state index in [0.29, 0.717) is 0 Å². The molecule has 0 N–H and O–H groups in total. The van der Waals surface area contributed by atoms with Gasteiger partial charge in [0, 0.05) is 45.2 Å². The van der Waals surface area contributed by atoms with Crippen LogP contribution in [0.2, 0.25) is 0 Å². The Bertz CT molecular complexity index is 583. The Kier molecular flexibility index (Phi) is 4.53. The van der Waals surface area contributed by atoms with Crippen molar-refractivity contribution in [3.8, 4) is 22.6 Å². The molecule has 3 aromatic heterocycles. The fourth-order valence-corrected chi connectivity index (χ4v) is 1.84. The van der Waals surface area contributed by atoms with Gasteiger partial charge in [0.25, 0.3) is 0 Å². The molecule has 0 bridgehead atoms. The van der Waals surface area contributed by atoms with Crippen molar-refractivity contribution in [1.82, 2.24) is 15.0 Å². The monoisotopic (exact) mass is 428 g/mol. The summed E-state index contributed by atoms with van der Waals surface area (Å²) in [5.41, 5.74) is 3.62. The first-order valence-electron chi connectivity index (χ1n) is 5.73. The zero-order chi connectivity index (χ0) is 12.2. The Morgan fingerprint density at radius 1 is 0.579 bits per heavy atom. The summed E-state index contributed by atoms with van der Waals surface area (Å²) in [6.45, 7) is 0. The maximum absolute atomic E-state index is 4.42. The summed E-state index contributed by atoms with van der Waals surface area (Å²) >= 11 is 0. The van der Waals surface area contributed by atoms with E-state index in [1.54, 1.807) is 18.6 Å². The quantitative estimate of drug-likeness (QED) is 0.630. The maximum atomic E-state index is 4.42. The molecule has 0 aromatic carbocycles. The van der Waals surface area contributed by atoms with E-state index in [1.807, 2.05) is 48.5 Å². The fraction of sp³-hybridized carbons (Fsp3) is 0. The molecule has 0 radical (unpaired) electrons. The maximum Gasteiger partial charge on any atom is 0.0980 e. The van der Waals surface area contributed by atoms with Gasteiger partial charge in [0.15, 0.2) is 0 Å². The molecule has 3 aromatic rings. The Hall–Kier alpha value is -1.86. The molecule has 3 heterocycles. The minimum atomic E-state index is 0. The summed E-state index contributed by atoms with van der Waals surface area (Å²) in [6.07, 6.45) is 5.33. The van der Waals surface area contributed by atoms with Crippen molar-refractivity contribution in [2.24, 2.45) is 0 Å². The Balaban J connectivity index is 0.00000133. The minimum Gasteiger partial charge on any atom is -0.256 e. The molecular formula is C15H11N3Pt. The van der Waals surface area contributed by atoms with Crippen LogP contribution in [0.1, 0.15) is 0 Å². The molecule has 0 fully saturated rings. The van der Waals surface area contributed by atoms with Gasteiger partial charge in [-0.15, -0.1) is 0 Å². The second-order valence-electron chi connectivity index (χ2n) is 3.83. The van der Waals surface area contributed by atoms with Crippen LogP contribution in [0.25, 0.3) is 22.6 Å². The van der Waals surface area contributed by atoms with Crippen LogP contribution >= 0.6 is 0 Å². The van der Waals surface area contributed by atoms with Crippen LogP contribution in [0, 0.1) is 0 Å². The van der Waals surface area contributed by atoms with Gasteiger partial charge in [0.2, 0.25) is 0 Å². The SMILES string of the molecule is [Pt].c1ccc(-c2cccnc2-c2ccccn2)nc1. The van der Waals surface area contributed by atoms with Crippen LogP contribution in [0.3, 0.4) is 0 Å². The van der Waals surface area contributed by atoms with Crippen molar-refractivity contribution >= 4 is 0 Å². The third-order valence-corrected chi connectivity index (χ3v) is 2.66. The van der Waals surface area contributed by atoms with Gasteiger partial charge in [0.1, 0.15) is 0 Å². The molecule has 0 saturated heterocycles. The predicted octanol–water partition coefficient (Wildman–Crippen LogP) is 3.20. The van der Waals surface area contributed by atoms with Crippen molar-refractivity contribution in [2.75, 3.05) is 0 Å². The summed E-state index contributed by atoms with van der Waals surface area (Å²) in [4.78, 5) is 13.1. The summed E-state index contributed by atoms with van der Waals surface area (Å²) < 4.78 is 0. The largest absolute Gasteiger partial charge is 0.256 e. The summed E-state index contributed by atoms with van der Waals surface area (Å²) in [7, 11) is 0. The number of hydrogen-bond donors (Lipinski definition) is 0. The van der Waals surface area contributed by atoms with Gasteiger partial charge >= 0.3 is 0 Å². The van der Waals surface area contributed by atoms with E-state index >= 15 is 0 Å². The molecule has 0 spiro atoms. The van der Waals surface area contributed by atoms with Crippen molar-refractivity contribution in [3.63, 3.8) is 0 Å². The number of pyridine rings is 3. The fourth-order valence-electron chi connectivity index (χ4n) is 1.84. The molecule has 0 aliphatic rings. The summed E-state index contributed by atoms with van der Waals surface area (Å²) in [5.74, 6) is 0. The van der Waals surface area contributed by atoms with Crippen molar-refractivity contribution in [1.29, 1.82) is 0 Å². The minimum absolute atomic E-state index is 0. The molecule has 3 rings (SSSR count). The molecule has 3 nitrogen and oxygen atoms in total. The molecular weight excluding hydrogens is 417 g/mol. The van der Waals surface area contributed by atoms with Crippen molar-refractivity contribution < 1.29 is 21.1 Å². The molecule has 0 saturated carbocycles. The average molecular weight is 428 g/mol. The van der Waals surface area contributed by atoms with Gasteiger partial charge in [-0.25, -0.2) is 0 Å². The zero-order valence-electron chi connectivity index (χ0n) is 10.0. The molecule has 0 atom stereocenters. The van der Waals surface area contributed by atoms with E-state index in [1.165, 1.54) is 0 Å². The molecule has 0 aliphatic carbocycles. The first-order valence-corrected chi connectivity index (χ1v) is 5.73. The third kappa shape index (κ3) is 2.94. The Morgan fingerprint density at radius 2 is 1.21 bits per heavy atom. The molecule has 19 heavy (non-hydrogen) atoms. The Labute approximate surface area is 126 Å². The summed E-state index contributed by atoms with van der Waals surface area (Å²) in [5, 5.41) is 0. The van der Waals surface area contributed by atoms with Gasteiger partial charge in [-0.2, -0.15) is 0 Å². The number of rotatable bonds is 2. The van der Waals surface area contributed by atoms with Crippen LogP contribution in [0.4, 0.5) is 0 Å². The van der Waals surface area contributed by atoms with Crippen molar-refractivity contribution in [3.05, 3.63) is 67.1 Å². The van der Waals surface area contributed by atoms with Crippen LogP contribution < -0.4 is 0 Å². The molecule has 0 amide bonds. The molecule has 4 heteroatoms. The van der Waals surface area contributed by atoms with Gasteiger partial charge in [-0.1, -0.05) is 12.1 Å². The van der Waals surface area contributed by atoms with E-state index in [4.69, 9.17) is 0 Å². The Morgan fingerprint density at radius 3 is 1.84 bits per heavy atom. The zero-order valence-corrected chi connectivity index (χ0v) is 12.3. The van der Waals surface area contributed by atoms with Crippen LogP contribution in [0.5, 0.6) is 0 Å². The van der Waals surface area contributed by atoms with Crippen molar-refractivity contribution in [2.45, 2.75) is 0 Å². The van der Waals surface area contributed by atoms with Crippen LogP contribution in [0.15, 0.2) is 67.1 Å². The van der Waals surface area contributed by atoms with E-state index in [9.17, 15) is 0 Å². The molecule has 0 unspecified atom stereocenters. The smallest absolute Gasteiger partial charge is 0.0980 e. The van der Waals surface area contributed by atoms with E-state index < -0.39 is 0 Å². The van der Waals surface area contributed by atoms with Gasteiger partial charge in [0.05, 0.1) is 17.1 Å². The summed E-state index contributed by atoms with van der Waals surface area (Å²) in [6, 6.07) is 15.6. The number of hydrogen-bond acceptors (Lipinski definition) is 3. The second kappa shape index (κ2) is 6.35. The van der Waals surface area contributed by atoms with Gasteiger partial charge < -0.3 is 0 Å². The van der Waals surface area contributed by atoms with E-state index in [-0.39, 0.29) is 21.1 Å². The van der Waals surface area contributed by atoms with Gasteiger partial charge in [-0.3, -0.25) is 15.0 Å². The standard InChI is InChI=1S/C15H11N3.Pt/c1-3-9-16-13(7-1)12-6-5-11-18-15(12)14-8-2-4-10-17-14;/h1-11H;. The second-order valence-corrected chi connectivity index (χ2v) is 3.83. The third-order valence-electron chi connectivity index (χ3n) is 2.66.